The molecule has 156 valence electrons. The van der Waals surface area contributed by atoms with E-state index in [0.29, 0.717) is 47.2 Å². The zero-order valence-electron chi connectivity index (χ0n) is 17.1. The van der Waals surface area contributed by atoms with Gasteiger partial charge in [0.15, 0.2) is 0 Å². The first-order valence-corrected chi connectivity index (χ1v) is 11.7. The number of rotatable bonds is 5. The Morgan fingerprint density at radius 1 is 1.10 bits per heavy atom. The summed E-state index contributed by atoms with van der Waals surface area (Å²) in [5.74, 6) is 1.25. The molecule has 0 N–H and O–H groups in total. The van der Waals surface area contributed by atoms with Crippen LogP contribution >= 0.6 is 0 Å². The molecule has 0 unspecified atom stereocenters. The zero-order chi connectivity index (χ0) is 21.0. The molecule has 1 saturated carbocycles. The third-order valence-corrected chi connectivity index (χ3v) is 8.04. The molecule has 30 heavy (non-hydrogen) atoms. The lowest BCUT2D eigenvalue weighted by atomic mass is 9.98. The van der Waals surface area contributed by atoms with Crippen molar-refractivity contribution in [2.75, 3.05) is 13.2 Å². The molecule has 7 heteroatoms. The number of ether oxygens (including phenoxy) is 1. The second-order valence-electron chi connectivity index (χ2n) is 8.15. The van der Waals surface area contributed by atoms with Crippen LogP contribution in [0.2, 0.25) is 0 Å². The van der Waals surface area contributed by atoms with Gasteiger partial charge >= 0.3 is 0 Å². The van der Waals surface area contributed by atoms with Gasteiger partial charge in [-0.05, 0) is 47.9 Å². The van der Waals surface area contributed by atoms with Gasteiger partial charge in [-0.1, -0.05) is 25.1 Å². The molecule has 1 aromatic heterocycles. The number of fused-ring (bicyclic) bond motifs is 2. The number of pyridine rings is 1. The first-order valence-electron chi connectivity index (χ1n) is 10.3. The molecule has 2 aromatic carbocycles. The van der Waals surface area contributed by atoms with E-state index in [1.54, 1.807) is 29.9 Å². The van der Waals surface area contributed by atoms with Crippen LogP contribution in [0.25, 0.3) is 21.9 Å². The minimum atomic E-state index is -3.52. The molecule has 0 atom stereocenters. The molecule has 1 aliphatic heterocycles. The van der Waals surface area contributed by atoms with Crippen molar-refractivity contribution in [2.45, 2.75) is 31.2 Å². The van der Waals surface area contributed by atoms with Crippen LogP contribution in [-0.2, 0) is 23.6 Å². The van der Waals surface area contributed by atoms with Crippen LogP contribution in [0.15, 0.2) is 52.3 Å². The minimum absolute atomic E-state index is 0.0826. The molecule has 5 rings (SSSR count). The molecule has 2 heterocycles. The van der Waals surface area contributed by atoms with E-state index in [0.717, 1.165) is 16.5 Å². The maximum Gasteiger partial charge on any atom is 0.258 e. The summed E-state index contributed by atoms with van der Waals surface area (Å²) in [5, 5.41) is 1.39. The van der Waals surface area contributed by atoms with Crippen LogP contribution in [-0.4, -0.2) is 30.4 Å². The lowest BCUT2D eigenvalue weighted by Crippen LogP contribution is -2.23. The fourth-order valence-electron chi connectivity index (χ4n) is 4.11. The van der Waals surface area contributed by atoms with Crippen molar-refractivity contribution in [3.05, 3.63) is 58.5 Å². The van der Waals surface area contributed by atoms with Crippen LogP contribution in [0.1, 0.15) is 25.3 Å². The highest BCUT2D eigenvalue weighted by atomic mass is 32.2. The van der Waals surface area contributed by atoms with Gasteiger partial charge in [0.2, 0.25) is 10.0 Å². The third-order valence-electron chi connectivity index (χ3n) is 6.03. The highest BCUT2D eigenvalue weighted by molar-refractivity contribution is 7.89. The maximum absolute atomic E-state index is 13.0. The van der Waals surface area contributed by atoms with Gasteiger partial charge in [-0.3, -0.25) is 4.79 Å². The number of benzene rings is 2. The van der Waals surface area contributed by atoms with Crippen LogP contribution in [0, 0.1) is 5.92 Å². The largest absolute Gasteiger partial charge is 0.493 e. The van der Waals surface area contributed by atoms with E-state index in [9.17, 15) is 13.2 Å². The van der Waals surface area contributed by atoms with Crippen molar-refractivity contribution in [3.63, 3.8) is 0 Å². The molecule has 0 radical (unpaired) electrons. The Morgan fingerprint density at radius 3 is 2.53 bits per heavy atom. The summed E-state index contributed by atoms with van der Waals surface area (Å²) in [6, 6.07) is 11.0. The molecule has 3 aromatic rings. The molecule has 1 fully saturated rings. The average Bonchev–Trinajstić information content (AvgIpc) is 3.53. The molecular formula is C23H24N2O4S. The van der Waals surface area contributed by atoms with E-state index in [2.05, 4.69) is 0 Å². The van der Waals surface area contributed by atoms with Crippen molar-refractivity contribution in [3.8, 4) is 16.9 Å². The quantitative estimate of drug-likeness (QED) is 0.629. The molecular weight excluding hydrogens is 400 g/mol. The summed E-state index contributed by atoms with van der Waals surface area (Å²) in [6.45, 7) is 3.25. The Morgan fingerprint density at radius 2 is 1.83 bits per heavy atom. The van der Waals surface area contributed by atoms with Gasteiger partial charge in [-0.2, -0.15) is 4.31 Å². The van der Waals surface area contributed by atoms with E-state index in [-0.39, 0.29) is 5.56 Å². The molecule has 0 spiro atoms. The van der Waals surface area contributed by atoms with Crippen molar-refractivity contribution in [1.29, 1.82) is 0 Å². The Balaban J connectivity index is 1.77. The summed E-state index contributed by atoms with van der Waals surface area (Å²) in [4.78, 5) is 13.0. The lowest BCUT2D eigenvalue weighted by molar-refractivity contribution is 0.300. The Hall–Kier alpha value is -2.64. The fraction of sp³-hybridized carbons (Fsp3) is 0.348. The SMILES string of the molecule is CCN1Cc2cc(OCC3CC3)c(-c3cn(C)c(=O)c4ccccc34)cc2S1(=O)=O. The van der Waals surface area contributed by atoms with Crippen LogP contribution < -0.4 is 10.3 Å². The predicted octanol–water partition coefficient (Wildman–Crippen LogP) is 3.52. The normalized spacial score (nSPS) is 17.9. The van der Waals surface area contributed by atoms with Gasteiger partial charge in [0.05, 0.1) is 11.5 Å². The first kappa shape index (κ1) is 19.3. The molecule has 1 aliphatic carbocycles. The molecule has 0 saturated heterocycles. The first-order chi connectivity index (χ1) is 14.4. The topological polar surface area (TPSA) is 68.6 Å². The van der Waals surface area contributed by atoms with Crippen LogP contribution in [0.5, 0.6) is 5.75 Å². The van der Waals surface area contributed by atoms with Crippen molar-refractivity contribution in [2.24, 2.45) is 13.0 Å². The fourth-order valence-corrected chi connectivity index (χ4v) is 5.76. The van der Waals surface area contributed by atoms with Gasteiger partial charge in [0.25, 0.3) is 5.56 Å². The third kappa shape index (κ3) is 3.04. The molecule has 2 aliphatic rings. The molecule has 0 bridgehead atoms. The number of nitrogens with zero attached hydrogens (tertiary/aromatic N) is 2. The van der Waals surface area contributed by atoms with Gasteiger partial charge < -0.3 is 9.30 Å². The number of hydrogen-bond donors (Lipinski definition) is 0. The number of aromatic nitrogens is 1. The van der Waals surface area contributed by atoms with E-state index < -0.39 is 10.0 Å². The standard InChI is InChI=1S/C23H24N2O4S/c1-3-25-12-16-10-21(29-14-15-8-9-15)19(11-22(16)30(25,27)28)20-13-24(2)23(26)18-7-5-4-6-17(18)20/h4-7,10-11,13,15H,3,8-9,12,14H2,1-2H3. The van der Waals surface area contributed by atoms with Crippen LogP contribution in [0.4, 0.5) is 0 Å². The summed E-state index contributed by atoms with van der Waals surface area (Å²) >= 11 is 0. The predicted molar refractivity (Wildman–Crippen MR) is 116 cm³/mol. The second-order valence-corrected chi connectivity index (χ2v) is 10.1. The van der Waals surface area contributed by atoms with Gasteiger partial charge in [-0.25, -0.2) is 8.42 Å². The maximum atomic E-state index is 13.0. The smallest absolute Gasteiger partial charge is 0.258 e. The van der Waals surface area contributed by atoms with E-state index in [4.69, 9.17) is 4.74 Å². The molecule has 6 nitrogen and oxygen atoms in total. The van der Waals surface area contributed by atoms with Gasteiger partial charge in [-0.15, -0.1) is 0 Å². The Kier molecular flexibility index (Phi) is 4.48. The zero-order valence-corrected chi connectivity index (χ0v) is 17.9. The van der Waals surface area contributed by atoms with E-state index in [1.807, 2.05) is 31.2 Å². The molecule has 0 amide bonds. The highest BCUT2D eigenvalue weighted by Gasteiger charge is 2.35. The van der Waals surface area contributed by atoms with E-state index in [1.165, 1.54) is 17.1 Å². The Bertz CT molecular complexity index is 1320. The number of aryl methyl sites for hydroxylation is 1. The summed E-state index contributed by atoms with van der Waals surface area (Å²) in [5.41, 5.74) is 2.19. The Labute approximate surface area is 175 Å². The van der Waals surface area contributed by atoms with Crippen molar-refractivity contribution < 1.29 is 13.2 Å². The summed E-state index contributed by atoms with van der Waals surface area (Å²) in [7, 11) is -1.81. The van der Waals surface area contributed by atoms with Crippen molar-refractivity contribution >= 4 is 20.8 Å². The van der Waals surface area contributed by atoms with Crippen molar-refractivity contribution in [1.82, 2.24) is 8.87 Å². The summed E-state index contributed by atoms with van der Waals surface area (Å²) < 4.78 is 35.2. The second kappa shape index (κ2) is 6.96. The number of sulfonamides is 1. The monoisotopic (exact) mass is 424 g/mol. The summed E-state index contributed by atoms with van der Waals surface area (Å²) in [6.07, 6.45) is 4.11. The van der Waals surface area contributed by atoms with Gasteiger partial charge in [0, 0.05) is 42.8 Å². The van der Waals surface area contributed by atoms with E-state index >= 15 is 0 Å². The van der Waals surface area contributed by atoms with Gasteiger partial charge in [0.1, 0.15) is 5.75 Å². The highest BCUT2D eigenvalue weighted by Crippen LogP contribution is 2.42. The average molecular weight is 425 g/mol. The minimum Gasteiger partial charge on any atom is -0.493 e. The number of hydrogen-bond acceptors (Lipinski definition) is 4. The lowest BCUT2D eigenvalue weighted by Gasteiger charge is -2.16. The van der Waals surface area contributed by atoms with Crippen LogP contribution in [0.3, 0.4) is 0 Å².